The largest absolute Gasteiger partial charge is 0.591 e. The summed E-state index contributed by atoms with van der Waals surface area (Å²) in [5, 5.41) is 17.4. The number of aromatic hydroxyl groups is 1. The number of carbonyl (C=O) groups excluding carboxylic acids is 1. The topological polar surface area (TPSA) is 75.9 Å². The van der Waals surface area contributed by atoms with Crippen molar-refractivity contribution in [3.8, 4) is 11.5 Å². The van der Waals surface area contributed by atoms with E-state index in [0.29, 0.717) is 26.3 Å². The molecule has 0 bridgehead atoms. The fourth-order valence-electron chi connectivity index (χ4n) is 4.33. The number of rotatable bonds is 5. The summed E-state index contributed by atoms with van der Waals surface area (Å²) in [4.78, 5) is 17.4. The summed E-state index contributed by atoms with van der Waals surface area (Å²) in [7, 11) is 0. The maximum absolute atomic E-state index is 13.1. The number of benzene rings is 2. The molecule has 6 heteroatoms. The van der Waals surface area contributed by atoms with Gasteiger partial charge < -0.3 is 19.8 Å². The van der Waals surface area contributed by atoms with Crippen molar-refractivity contribution >= 4 is 5.91 Å². The summed E-state index contributed by atoms with van der Waals surface area (Å²) < 4.78 is 5.39. The van der Waals surface area contributed by atoms with E-state index in [1.165, 1.54) is 5.56 Å². The molecule has 2 heterocycles. The highest BCUT2D eigenvalue weighted by molar-refractivity contribution is 5.96. The van der Waals surface area contributed by atoms with E-state index in [9.17, 15) is 9.90 Å². The second-order valence-electron chi connectivity index (χ2n) is 8.87. The summed E-state index contributed by atoms with van der Waals surface area (Å²) in [6.45, 7) is 8.62. The second kappa shape index (κ2) is 8.28. The number of aryl methyl sites for hydroxylation is 1. The van der Waals surface area contributed by atoms with Crippen LogP contribution in [-0.2, 0) is 24.2 Å². The van der Waals surface area contributed by atoms with Crippen LogP contribution in [0.3, 0.4) is 0 Å². The van der Waals surface area contributed by atoms with Crippen molar-refractivity contribution in [2.75, 3.05) is 26.3 Å². The average Bonchev–Trinajstić information content (AvgIpc) is 3.20. The molecule has 1 fully saturated rings. The monoisotopic (exact) mass is 411 g/mol. The first kappa shape index (κ1) is 20.7. The van der Waals surface area contributed by atoms with Crippen molar-refractivity contribution in [3.63, 3.8) is 0 Å². The molecule has 0 unspecified atom stereocenters. The number of morpholine rings is 1. The Morgan fingerprint density at radius 2 is 1.93 bits per heavy atom. The molecule has 2 aromatic carbocycles. The van der Waals surface area contributed by atoms with Gasteiger partial charge in [0, 0.05) is 43.3 Å². The summed E-state index contributed by atoms with van der Waals surface area (Å²) >= 11 is 0. The molecule has 2 aliphatic heterocycles. The Morgan fingerprint density at radius 3 is 2.67 bits per heavy atom. The number of hydrogen-bond acceptors (Lipinski definition) is 4. The van der Waals surface area contributed by atoms with Gasteiger partial charge in [0.15, 0.2) is 0 Å². The quantitative estimate of drug-likeness (QED) is 0.768. The normalized spacial score (nSPS) is 17.2. The third kappa shape index (κ3) is 4.16. The number of nitrogens with zero attached hydrogens (tertiary/aromatic N) is 2. The zero-order chi connectivity index (χ0) is 21.3. The molecular weight excluding hydrogens is 380 g/mol. The van der Waals surface area contributed by atoms with Gasteiger partial charge >= 0.3 is 0 Å². The van der Waals surface area contributed by atoms with Crippen LogP contribution >= 0.6 is 0 Å². The van der Waals surface area contributed by atoms with E-state index in [-0.39, 0.29) is 22.9 Å². The lowest BCUT2D eigenvalue weighted by Gasteiger charge is -2.35. The molecule has 6 nitrogen and oxygen atoms in total. The number of phenols is 1. The Morgan fingerprint density at radius 1 is 1.17 bits per heavy atom. The molecule has 0 atom stereocenters. The van der Waals surface area contributed by atoms with E-state index in [1.54, 1.807) is 12.1 Å². The molecule has 2 aromatic rings. The summed E-state index contributed by atoms with van der Waals surface area (Å²) in [5.74, 6) is 0.303. The van der Waals surface area contributed by atoms with Gasteiger partial charge in [-0.3, -0.25) is 9.69 Å². The van der Waals surface area contributed by atoms with E-state index in [1.807, 2.05) is 23.1 Å². The Kier molecular flexibility index (Phi) is 5.71. The molecule has 0 radical (unpaired) electrons. The van der Waals surface area contributed by atoms with Gasteiger partial charge in [-0.05, 0) is 55.5 Å². The molecule has 0 spiro atoms. The summed E-state index contributed by atoms with van der Waals surface area (Å²) in [5.41, 5.74) is 4.22. The molecule has 3 N–H and O–H groups in total. The van der Waals surface area contributed by atoms with Gasteiger partial charge in [0.1, 0.15) is 0 Å². The van der Waals surface area contributed by atoms with Crippen LogP contribution in [0.5, 0.6) is 11.5 Å². The maximum atomic E-state index is 13.1. The highest BCUT2D eigenvalue weighted by atomic mass is 16.5. The van der Waals surface area contributed by atoms with E-state index in [2.05, 4.69) is 24.8 Å². The van der Waals surface area contributed by atoms with Gasteiger partial charge in [0.25, 0.3) is 11.7 Å². The molecule has 4 rings (SSSR count). The SMILES string of the molecule is CC(C)(CCc1ccc(O)c([OH2+])c1)N1Cc2cccc(C(=O)N3CCOCC3)c2C1. The second-order valence-corrected chi connectivity index (χ2v) is 8.87. The molecule has 1 saturated heterocycles. The summed E-state index contributed by atoms with van der Waals surface area (Å²) in [6, 6.07) is 11.3. The number of ether oxygens (including phenoxy) is 1. The standard InChI is InChI=1S/C24H30N2O4/c1-24(2,9-8-17-6-7-21(27)22(28)14-17)26-15-18-4-3-5-19(20(18)16-26)23(29)25-10-12-30-13-11-25/h3-7,14,27-28H,8-13,15-16H2,1-2H3/p+1. The van der Waals surface area contributed by atoms with Crippen LogP contribution in [0, 0.1) is 0 Å². The zero-order valence-electron chi connectivity index (χ0n) is 17.8. The fraction of sp³-hybridized carbons (Fsp3) is 0.458. The lowest BCUT2D eigenvalue weighted by atomic mass is 9.93. The van der Waals surface area contributed by atoms with Gasteiger partial charge in [0.2, 0.25) is 5.75 Å². The zero-order valence-corrected chi connectivity index (χ0v) is 17.8. The third-order valence-corrected chi connectivity index (χ3v) is 6.45. The first-order valence-electron chi connectivity index (χ1n) is 10.6. The van der Waals surface area contributed by atoms with Gasteiger partial charge in [-0.15, -0.1) is 0 Å². The van der Waals surface area contributed by atoms with Gasteiger partial charge in [-0.2, -0.15) is 0 Å². The minimum atomic E-state index is -0.0572. The van der Waals surface area contributed by atoms with Crippen molar-refractivity contribution in [2.24, 2.45) is 0 Å². The van der Waals surface area contributed by atoms with Gasteiger partial charge in [-0.1, -0.05) is 18.2 Å². The van der Waals surface area contributed by atoms with Crippen LogP contribution in [0.1, 0.15) is 47.3 Å². The Hall–Kier alpha value is -2.57. The molecule has 0 saturated carbocycles. The molecule has 160 valence electrons. The maximum Gasteiger partial charge on any atom is 0.296 e. The van der Waals surface area contributed by atoms with Crippen LogP contribution in [0.15, 0.2) is 36.4 Å². The molecule has 1 amide bonds. The predicted molar refractivity (Wildman–Crippen MR) is 116 cm³/mol. The number of phenolic OH excluding ortho intramolecular Hbond substituents is 1. The van der Waals surface area contributed by atoms with Crippen LogP contribution < -0.4 is 0 Å². The smallest absolute Gasteiger partial charge is 0.296 e. The Bertz CT molecular complexity index is 935. The van der Waals surface area contributed by atoms with Crippen molar-refractivity contribution in [2.45, 2.75) is 45.3 Å². The van der Waals surface area contributed by atoms with Crippen LogP contribution in [0.25, 0.3) is 0 Å². The van der Waals surface area contributed by atoms with Crippen LogP contribution in [-0.4, -0.2) is 57.8 Å². The third-order valence-electron chi connectivity index (χ3n) is 6.45. The minimum Gasteiger partial charge on any atom is -0.591 e. The van der Waals surface area contributed by atoms with Crippen molar-refractivity contribution < 1.29 is 19.7 Å². The molecule has 0 aliphatic carbocycles. The van der Waals surface area contributed by atoms with Crippen LogP contribution in [0.2, 0.25) is 0 Å². The van der Waals surface area contributed by atoms with E-state index in [4.69, 9.17) is 9.84 Å². The number of amides is 1. The number of fused-ring (bicyclic) bond motifs is 1. The van der Waals surface area contributed by atoms with E-state index in [0.717, 1.165) is 42.6 Å². The lowest BCUT2D eigenvalue weighted by molar-refractivity contribution is 0.0301. The highest BCUT2D eigenvalue weighted by Crippen LogP contribution is 2.35. The van der Waals surface area contributed by atoms with Crippen molar-refractivity contribution in [1.82, 2.24) is 9.80 Å². The minimum absolute atomic E-state index is 0.0190. The van der Waals surface area contributed by atoms with Crippen molar-refractivity contribution in [3.05, 3.63) is 58.7 Å². The van der Waals surface area contributed by atoms with E-state index < -0.39 is 0 Å². The molecule has 0 aromatic heterocycles. The average molecular weight is 412 g/mol. The summed E-state index contributed by atoms with van der Waals surface area (Å²) in [6.07, 6.45) is 1.77. The Labute approximate surface area is 177 Å². The van der Waals surface area contributed by atoms with Gasteiger partial charge in [-0.25, -0.2) is 0 Å². The van der Waals surface area contributed by atoms with Crippen molar-refractivity contribution in [1.29, 1.82) is 0 Å². The van der Waals surface area contributed by atoms with E-state index >= 15 is 0 Å². The fourth-order valence-corrected chi connectivity index (χ4v) is 4.33. The first-order chi connectivity index (χ1) is 14.3. The molecular formula is C24H31N2O4+. The first-order valence-corrected chi connectivity index (χ1v) is 10.6. The molecule has 30 heavy (non-hydrogen) atoms. The Balaban J connectivity index is 1.46. The number of carbonyl (C=O) groups is 1. The predicted octanol–water partition coefficient (Wildman–Crippen LogP) is 3.03. The number of hydrogen-bond donors (Lipinski definition) is 1. The highest BCUT2D eigenvalue weighted by Gasteiger charge is 2.34. The lowest BCUT2D eigenvalue weighted by Crippen LogP contribution is -2.42. The van der Waals surface area contributed by atoms with Crippen LogP contribution in [0.4, 0.5) is 0 Å². The van der Waals surface area contributed by atoms with Gasteiger partial charge in [0.05, 0.1) is 13.2 Å². The molecule has 2 aliphatic rings.